The Morgan fingerprint density at radius 3 is 2.28 bits per heavy atom. The molecule has 4 heteroatoms. The van der Waals surface area contributed by atoms with Crippen molar-refractivity contribution in [3.05, 3.63) is 35.4 Å². The largest absolute Gasteiger partial charge is 0.393 e. The predicted molar refractivity (Wildman–Crippen MR) is 63.3 cm³/mol. The Morgan fingerprint density at radius 2 is 1.72 bits per heavy atom. The molecule has 2 aliphatic rings. The molecule has 2 atom stereocenters. The van der Waals surface area contributed by atoms with Gasteiger partial charge >= 0.3 is 6.18 Å². The van der Waals surface area contributed by atoms with Crippen molar-refractivity contribution >= 4 is 0 Å². The Hall–Kier alpha value is -1.03. The average molecular weight is 255 g/mol. The molecule has 1 aromatic carbocycles. The Bertz CT molecular complexity index is 437. The van der Waals surface area contributed by atoms with E-state index in [4.69, 9.17) is 0 Å². The first-order valence-electron chi connectivity index (χ1n) is 6.44. The van der Waals surface area contributed by atoms with Crippen LogP contribution in [0, 0.1) is 5.92 Å². The fraction of sp³-hybridized carbons (Fsp3) is 0.571. The number of alkyl halides is 3. The van der Waals surface area contributed by atoms with Crippen LogP contribution in [0.25, 0.3) is 0 Å². The van der Waals surface area contributed by atoms with Gasteiger partial charge in [0, 0.05) is 12.6 Å². The van der Waals surface area contributed by atoms with Gasteiger partial charge in [0.25, 0.3) is 0 Å². The van der Waals surface area contributed by atoms with Crippen molar-refractivity contribution in [1.29, 1.82) is 0 Å². The smallest absolute Gasteiger partial charge is 0.309 e. The summed E-state index contributed by atoms with van der Waals surface area (Å²) >= 11 is 0. The molecule has 1 N–H and O–H groups in total. The standard InChI is InChI=1S/C14H16F3N/c15-14(16,17)10-7-13(18-8-10)12-4-2-1-3-11(12)9-5-6-9/h1-4,9-10,13,18H,5-8H2. The summed E-state index contributed by atoms with van der Waals surface area (Å²) in [5.41, 5.74) is 2.32. The summed E-state index contributed by atoms with van der Waals surface area (Å²) in [4.78, 5) is 0. The van der Waals surface area contributed by atoms with Gasteiger partial charge in [0.2, 0.25) is 0 Å². The molecule has 18 heavy (non-hydrogen) atoms. The SMILES string of the molecule is FC(F)(F)C1CNC(c2ccccc2C2CC2)C1. The second-order valence-electron chi connectivity index (χ2n) is 5.34. The highest BCUT2D eigenvalue weighted by atomic mass is 19.4. The van der Waals surface area contributed by atoms with Crippen LogP contribution in [-0.4, -0.2) is 12.7 Å². The van der Waals surface area contributed by atoms with E-state index in [0.29, 0.717) is 5.92 Å². The van der Waals surface area contributed by atoms with Crippen molar-refractivity contribution in [3.8, 4) is 0 Å². The molecule has 0 radical (unpaired) electrons. The monoisotopic (exact) mass is 255 g/mol. The lowest BCUT2D eigenvalue weighted by Gasteiger charge is -2.16. The van der Waals surface area contributed by atoms with E-state index in [1.165, 1.54) is 18.4 Å². The summed E-state index contributed by atoms with van der Waals surface area (Å²) in [5, 5.41) is 3.03. The van der Waals surface area contributed by atoms with Crippen LogP contribution >= 0.6 is 0 Å². The Labute approximate surface area is 104 Å². The van der Waals surface area contributed by atoms with Gasteiger partial charge in [-0.1, -0.05) is 24.3 Å². The first kappa shape index (κ1) is 12.0. The van der Waals surface area contributed by atoms with E-state index >= 15 is 0 Å². The number of halogens is 3. The molecule has 1 aliphatic carbocycles. The third kappa shape index (κ3) is 2.26. The summed E-state index contributed by atoms with van der Waals surface area (Å²) in [6.45, 7) is 0.0488. The first-order valence-corrected chi connectivity index (χ1v) is 6.44. The average Bonchev–Trinajstić information content (AvgIpc) is 3.04. The first-order chi connectivity index (χ1) is 8.55. The van der Waals surface area contributed by atoms with Gasteiger partial charge in [0.15, 0.2) is 0 Å². The van der Waals surface area contributed by atoms with E-state index in [-0.39, 0.29) is 19.0 Å². The third-order valence-corrected chi connectivity index (χ3v) is 3.98. The van der Waals surface area contributed by atoms with Crippen molar-refractivity contribution in [3.63, 3.8) is 0 Å². The van der Waals surface area contributed by atoms with Gasteiger partial charge in [-0.15, -0.1) is 0 Å². The zero-order chi connectivity index (χ0) is 12.8. The molecule has 2 unspecified atom stereocenters. The normalized spacial score (nSPS) is 28.6. The molecule has 1 heterocycles. The van der Waals surface area contributed by atoms with Gasteiger partial charge < -0.3 is 5.32 Å². The van der Waals surface area contributed by atoms with Crippen molar-refractivity contribution in [1.82, 2.24) is 5.32 Å². The highest BCUT2D eigenvalue weighted by Crippen LogP contribution is 2.45. The van der Waals surface area contributed by atoms with Crippen LogP contribution in [0.5, 0.6) is 0 Å². The van der Waals surface area contributed by atoms with Gasteiger partial charge in [-0.2, -0.15) is 13.2 Å². The maximum Gasteiger partial charge on any atom is 0.393 e. The lowest BCUT2D eigenvalue weighted by atomic mass is 9.94. The quantitative estimate of drug-likeness (QED) is 0.848. The van der Waals surface area contributed by atoms with Gasteiger partial charge in [-0.3, -0.25) is 0 Å². The molecule has 0 spiro atoms. The van der Waals surface area contributed by atoms with Crippen LogP contribution < -0.4 is 5.32 Å². The fourth-order valence-corrected chi connectivity index (χ4v) is 2.82. The Morgan fingerprint density at radius 1 is 1.06 bits per heavy atom. The molecule has 1 aromatic rings. The van der Waals surface area contributed by atoms with E-state index in [2.05, 4.69) is 11.4 Å². The second kappa shape index (κ2) is 4.26. The molecular weight excluding hydrogens is 239 g/mol. The Balaban J connectivity index is 1.80. The lowest BCUT2D eigenvalue weighted by molar-refractivity contribution is -0.169. The third-order valence-electron chi connectivity index (χ3n) is 3.98. The zero-order valence-corrected chi connectivity index (χ0v) is 10.0. The molecule has 0 bridgehead atoms. The summed E-state index contributed by atoms with van der Waals surface area (Å²) in [5.74, 6) is -0.623. The summed E-state index contributed by atoms with van der Waals surface area (Å²) in [6.07, 6.45) is -1.55. The van der Waals surface area contributed by atoms with Crippen LogP contribution in [0.3, 0.4) is 0 Å². The molecule has 3 rings (SSSR count). The van der Waals surface area contributed by atoms with Crippen molar-refractivity contribution in [2.75, 3.05) is 6.54 Å². The highest BCUT2D eigenvalue weighted by Gasteiger charge is 2.45. The van der Waals surface area contributed by atoms with E-state index < -0.39 is 12.1 Å². The van der Waals surface area contributed by atoms with E-state index in [1.54, 1.807) is 0 Å². The topological polar surface area (TPSA) is 12.0 Å². The molecule has 98 valence electrons. The summed E-state index contributed by atoms with van der Waals surface area (Å²) in [6, 6.07) is 7.81. The highest BCUT2D eigenvalue weighted by molar-refractivity contribution is 5.36. The molecular formula is C14H16F3N. The van der Waals surface area contributed by atoms with Gasteiger partial charge in [0.1, 0.15) is 0 Å². The van der Waals surface area contributed by atoms with Crippen molar-refractivity contribution in [2.45, 2.75) is 37.4 Å². The van der Waals surface area contributed by atoms with Crippen LogP contribution in [0.15, 0.2) is 24.3 Å². The summed E-state index contributed by atoms with van der Waals surface area (Å²) < 4.78 is 38.0. The van der Waals surface area contributed by atoms with Crippen LogP contribution in [0.4, 0.5) is 13.2 Å². The number of benzene rings is 1. The van der Waals surface area contributed by atoms with Crippen LogP contribution in [0.1, 0.15) is 42.3 Å². The molecule has 1 saturated heterocycles. The lowest BCUT2D eigenvalue weighted by Crippen LogP contribution is -2.24. The van der Waals surface area contributed by atoms with Gasteiger partial charge in [-0.25, -0.2) is 0 Å². The van der Waals surface area contributed by atoms with E-state index in [1.807, 2.05) is 18.2 Å². The minimum atomic E-state index is -4.07. The second-order valence-corrected chi connectivity index (χ2v) is 5.34. The molecule has 0 amide bonds. The molecule has 1 aliphatic heterocycles. The maximum atomic E-state index is 12.7. The molecule has 1 nitrogen and oxygen atoms in total. The fourth-order valence-electron chi connectivity index (χ4n) is 2.82. The Kier molecular flexibility index (Phi) is 2.85. The number of nitrogens with one attached hydrogen (secondary N) is 1. The molecule has 0 aromatic heterocycles. The van der Waals surface area contributed by atoms with E-state index in [0.717, 1.165) is 5.56 Å². The van der Waals surface area contributed by atoms with Gasteiger partial charge in [-0.05, 0) is 36.3 Å². The summed E-state index contributed by atoms with van der Waals surface area (Å²) in [7, 11) is 0. The number of hydrogen-bond donors (Lipinski definition) is 1. The van der Waals surface area contributed by atoms with E-state index in [9.17, 15) is 13.2 Å². The number of hydrogen-bond acceptors (Lipinski definition) is 1. The van der Waals surface area contributed by atoms with Crippen molar-refractivity contribution < 1.29 is 13.2 Å². The number of rotatable bonds is 2. The molecule has 1 saturated carbocycles. The maximum absolute atomic E-state index is 12.7. The predicted octanol–water partition coefficient (Wildman–Crippen LogP) is 3.78. The van der Waals surface area contributed by atoms with Crippen LogP contribution in [-0.2, 0) is 0 Å². The van der Waals surface area contributed by atoms with Gasteiger partial charge in [0.05, 0.1) is 5.92 Å². The van der Waals surface area contributed by atoms with Crippen molar-refractivity contribution in [2.24, 2.45) is 5.92 Å². The minimum Gasteiger partial charge on any atom is -0.309 e. The van der Waals surface area contributed by atoms with Crippen LogP contribution in [0.2, 0.25) is 0 Å². The zero-order valence-electron chi connectivity index (χ0n) is 10.0. The minimum absolute atomic E-state index is 0.0488. The molecule has 2 fully saturated rings.